The molecule has 1 atom stereocenters. The largest absolute Gasteiger partial charge is 0.479 e. The van der Waals surface area contributed by atoms with Crippen molar-refractivity contribution in [2.24, 2.45) is 0 Å². The first-order valence-electron chi connectivity index (χ1n) is 6.72. The highest BCUT2D eigenvalue weighted by atomic mass is 19.1. The van der Waals surface area contributed by atoms with Crippen LogP contribution in [-0.4, -0.2) is 6.61 Å². The van der Waals surface area contributed by atoms with Gasteiger partial charge in [-0.1, -0.05) is 18.2 Å². The van der Waals surface area contributed by atoms with Gasteiger partial charge in [0.2, 0.25) is 0 Å². The molecule has 1 unspecified atom stereocenters. The van der Waals surface area contributed by atoms with Crippen LogP contribution >= 0.6 is 0 Å². The number of benzene rings is 2. The normalized spacial score (nSPS) is 11.5. The molecule has 1 N–H and O–H groups in total. The fourth-order valence-corrected chi connectivity index (χ4v) is 2.03. The van der Waals surface area contributed by atoms with Crippen molar-refractivity contribution in [1.82, 2.24) is 0 Å². The van der Waals surface area contributed by atoms with Crippen LogP contribution in [0.2, 0.25) is 0 Å². The summed E-state index contributed by atoms with van der Waals surface area (Å²) in [4.78, 5) is 0. The third-order valence-electron chi connectivity index (χ3n) is 3.26. The van der Waals surface area contributed by atoms with E-state index in [1.807, 2.05) is 44.2 Å². The summed E-state index contributed by atoms with van der Waals surface area (Å²) in [5.74, 6) is 0.407. The van der Waals surface area contributed by atoms with Crippen LogP contribution in [0.3, 0.4) is 0 Å². The highest BCUT2D eigenvalue weighted by molar-refractivity contribution is 5.52. The maximum atomic E-state index is 13.3. The second kappa shape index (κ2) is 6.76. The number of ether oxygens (including phenoxy) is 1. The summed E-state index contributed by atoms with van der Waals surface area (Å²) < 4.78 is 18.5. The molecule has 21 heavy (non-hydrogen) atoms. The number of nitrogens with one attached hydrogen (secondary N) is 1. The Bertz CT molecular complexity index is 647. The number of anilines is 1. The van der Waals surface area contributed by atoms with Crippen LogP contribution in [0.25, 0.3) is 0 Å². The van der Waals surface area contributed by atoms with Crippen molar-refractivity contribution in [3.63, 3.8) is 0 Å². The van der Waals surface area contributed by atoms with Gasteiger partial charge in [-0.25, -0.2) is 4.39 Å². The highest BCUT2D eigenvalue weighted by Gasteiger charge is 2.08. The summed E-state index contributed by atoms with van der Waals surface area (Å²) >= 11 is 0. The van der Waals surface area contributed by atoms with Crippen molar-refractivity contribution in [2.45, 2.75) is 19.9 Å². The van der Waals surface area contributed by atoms with Crippen molar-refractivity contribution in [3.8, 4) is 11.8 Å². The quantitative estimate of drug-likeness (QED) is 0.894. The Morgan fingerprint density at radius 3 is 2.62 bits per heavy atom. The molecule has 0 aliphatic rings. The zero-order chi connectivity index (χ0) is 15.2. The molecule has 0 saturated carbocycles. The van der Waals surface area contributed by atoms with Crippen LogP contribution in [0.5, 0.6) is 5.75 Å². The molecule has 0 fully saturated rings. The van der Waals surface area contributed by atoms with Crippen LogP contribution < -0.4 is 10.1 Å². The molecule has 108 valence electrons. The second-order valence-corrected chi connectivity index (χ2v) is 4.84. The average molecular weight is 284 g/mol. The van der Waals surface area contributed by atoms with Crippen LogP contribution in [0, 0.1) is 24.1 Å². The summed E-state index contributed by atoms with van der Waals surface area (Å²) in [6.07, 6.45) is 0. The lowest BCUT2D eigenvalue weighted by atomic mass is 10.1. The lowest BCUT2D eigenvalue weighted by Crippen LogP contribution is -2.08. The second-order valence-electron chi connectivity index (χ2n) is 4.84. The van der Waals surface area contributed by atoms with Gasteiger partial charge < -0.3 is 10.1 Å². The Hall–Kier alpha value is -2.54. The number of nitrogens with zero attached hydrogens (tertiary/aromatic N) is 1. The molecular formula is C17H17FN2O. The number of hydrogen-bond acceptors (Lipinski definition) is 3. The van der Waals surface area contributed by atoms with Gasteiger partial charge in [0.15, 0.2) is 6.61 Å². The summed E-state index contributed by atoms with van der Waals surface area (Å²) in [5.41, 5.74) is 2.84. The Kier molecular flexibility index (Phi) is 4.78. The van der Waals surface area contributed by atoms with E-state index in [0.29, 0.717) is 5.75 Å². The Balaban J connectivity index is 2.08. The van der Waals surface area contributed by atoms with Gasteiger partial charge in [0.25, 0.3) is 0 Å². The van der Waals surface area contributed by atoms with Gasteiger partial charge in [-0.15, -0.1) is 0 Å². The van der Waals surface area contributed by atoms with Gasteiger partial charge in [0.05, 0.1) is 0 Å². The van der Waals surface area contributed by atoms with E-state index in [0.717, 1.165) is 16.8 Å². The highest BCUT2D eigenvalue weighted by Crippen LogP contribution is 2.24. The lowest BCUT2D eigenvalue weighted by molar-refractivity contribution is 0.368. The molecule has 2 aromatic carbocycles. The number of rotatable bonds is 5. The Morgan fingerprint density at radius 1 is 1.24 bits per heavy atom. The van der Waals surface area contributed by atoms with Gasteiger partial charge in [0.1, 0.15) is 17.6 Å². The first-order chi connectivity index (χ1) is 10.1. The van der Waals surface area contributed by atoms with Crippen molar-refractivity contribution >= 4 is 5.69 Å². The van der Waals surface area contributed by atoms with E-state index in [9.17, 15) is 4.39 Å². The summed E-state index contributed by atoms with van der Waals surface area (Å²) in [6, 6.07) is 14.2. The van der Waals surface area contributed by atoms with E-state index in [-0.39, 0.29) is 18.5 Å². The van der Waals surface area contributed by atoms with E-state index in [2.05, 4.69) is 5.32 Å². The van der Waals surface area contributed by atoms with E-state index in [4.69, 9.17) is 10.00 Å². The molecular weight excluding hydrogens is 267 g/mol. The monoisotopic (exact) mass is 284 g/mol. The average Bonchev–Trinajstić information content (AvgIpc) is 2.49. The molecule has 0 spiro atoms. The fraction of sp³-hybridized carbons (Fsp3) is 0.235. The van der Waals surface area contributed by atoms with Crippen LogP contribution in [0.15, 0.2) is 42.5 Å². The summed E-state index contributed by atoms with van der Waals surface area (Å²) in [5, 5.41) is 11.8. The van der Waals surface area contributed by atoms with Crippen molar-refractivity contribution in [2.75, 3.05) is 11.9 Å². The molecule has 0 amide bonds. The minimum Gasteiger partial charge on any atom is -0.479 e. The number of hydrogen-bond donors (Lipinski definition) is 1. The maximum Gasteiger partial charge on any atom is 0.174 e. The molecule has 0 bridgehead atoms. The smallest absolute Gasteiger partial charge is 0.174 e. The van der Waals surface area contributed by atoms with Gasteiger partial charge in [-0.2, -0.15) is 5.26 Å². The summed E-state index contributed by atoms with van der Waals surface area (Å²) in [6.45, 7) is 3.98. The molecule has 2 rings (SSSR count). The van der Waals surface area contributed by atoms with Crippen LogP contribution in [0.4, 0.5) is 10.1 Å². The zero-order valence-electron chi connectivity index (χ0n) is 12.1. The number of halogens is 1. The molecule has 0 aliphatic heterocycles. The zero-order valence-corrected chi connectivity index (χ0v) is 12.1. The standard InChI is InChI=1S/C17H17FN2O/c1-12-3-6-15(18)11-17(12)20-13(2)14-4-7-16(8-5-14)21-10-9-19/h3-8,11,13,20H,10H2,1-2H3. The van der Waals surface area contributed by atoms with E-state index in [1.165, 1.54) is 12.1 Å². The topological polar surface area (TPSA) is 45.0 Å². The minimum absolute atomic E-state index is 0.0373. The van der Waals surface area contributed by atoms with Crippen molar-refractivity contribution in [3.05, 3.63) is 59.4 Å². The predicted octanol–water partition coefficient (Wildman–Crippen LogP) is 4.21. The lowest BCUT2D eigenvalue weighted by Gasteiger charge is -2.18. The van der Waals surface area contributed by atoms with Crippen molar-refractivity contribution in [1.29, 1.82) is 5.26 Å². The van der Waals surface area contributed by atoms with Gasteiger partial charge in [0, 0.05) is 11.7 Å². The minimum atomic E-state index is -0.254. The van der Waals surface area contributed by atoms with Crippen molar-refractivity contribution < 1.29 is 9.13 Å². The molecule has 0 heterocycles. The molecule has 0 aromatic heterocycles. The molecule has 0 radical (unpaired) electrons. The summed E-state index contributed by atoms with van der Waals surface area (Å²) in [7, 11) is 0. The molecule has 4 heteroatoms. The SMILES string of the molecule is Cc1ccc(F)cc1NC(C)c1ccc(OCC#N)cc1. The van der Waals surface area contributed by atoms with Crippen LogP contribution in [-0.2, 0) is 0 Å². The number of aryl methyl sites for hydroxylation is 1. The van der Waals surface area contributed by atoms with Gasteiger partial charge in [-0.3, -0.25) is 0 Å². The van der Waals surface area contributed by atoms with Gasteiger partial charge >= 0.3 is 0 Å². The third kappa shape index (κ3) is 3.96. The molecule has 3 nitrogen and oxygen atoms in total. The first-order valence-corrected chi connectivity index (χ1v) is 6.72. The van der Waals surface area contributed by atoms with Gasteiger partial charge in [-0.05, 0) is 49.2 Å². The van der Waals surface area contributed by atoms with E-state index < -0.39 is 0 Å². The molecule has 2 aromatic rings. The Labute approximate surface area is 124 Å². The molecule has 0 aliphatic carbocycles. The number of nitriles is 1. The Morgan fingerprint density at radius 2 is 1.95 bits per heavy atom. The third-order valence-corrected chi connectivity index (χ3v) is 3.26. The van der Waals surface area contributed by atoms with E-state index in [1.54, 1.807) is 6.07 Å². The first kappa shape index (κ1) is 14.9. The van der Waals surface area contributed by atoms with Crippen LogP contribution in [0.1, 0.15) is 24.1 Å². The predicted molar refractivity (Wildman–Crippen MR) is 80.7 cm³/mol. The maximum absolute atomic E-state index is 13.3. The fourth-order valence-electron chi connectivity index (χ4n) is 2.03. The molecule has 0 saturated heterocycles. The van der Waals surface area contributed by atoms with E-state index >= 15 is 0 Å².